The first-order valence-corrected chi connectivity index (χ1v) is 6.32. The van der Waals surface area contributed by atoms with E-state index in [-0.39, 0.29) is 0 Å². The van der Waals surface area contributed by atoms with E-state index in [0.29, 0.717) is 0 Å². The molecule has 1 aromatic carbocycles. The molecule has 1 saturated carbocycles. The van der Waals surface area contributed by atoms with Gasteiger partial charge in [0.2, 0.25) is 0 Å². The van der Waals surface area contributed by atoms with Crippen LogP contribution in [-0.2, 0) is 6.42 Å². The van der Waals surface area contributed by atoms with Crippen LogP contribution >= 0.6 is 0 Å². The molecule has 0 saturated heterocycles. The summed E-state index contributed by atoms with van der Waals surface area (Å²) in [7, 11) is 0. The van der Waals surface area contributed by atoms with Crippen molar-refractivity contribution in [2.24, 2.45) is 0 Å². The molecule has 1 N–H and O–H groups in total. The van der Waals surface area contributed by atoms with Crippen LogP contribution in [0.15, 0.2) is 16.5 Å². The standard InChI is InChI=1S/C14H18N2O/c1-9-7-10(2)14-12(8-9)16-13(17-14)5-6-15-11-3-4-11/h7-8,11,15H,3-6H2,1-2H3. The summed E-state index contributed by atoms with van der Waals surface area (Å²) in [5, 5.41) is 3.48. The van der Waals surface area contributed by atoms with Gasteiger partial charge in [0.25, 0.3) is 0 Å². The fraction of sp³-hybridized carbons (Fsp3) is 0.500. The molecule has 0 spiro atoms. The predicted molar refractivity (Wildman–Crippen MR) is 68.2 cm³/mol. The number of aromatic nitrogens is 1. The van der Waals surface area contributed by atoms with Crippen molar-refractivity contribution in [3.05, 3.63) is 29.2 Å². The summed E-state index contributed by atoms with van der Waals surface area (Å²) in [5.74, 6) is 0.849. The minimum atomic E-state index is 0.753. The highest BCUT2D eigenvalue weighted by Crippen LogP contribution is 2.22. The second-order valence-corrected chi connectivity index (χ2v) is 5.02. The first-order valence-electron chi connectivity index (χ1n) is 6.32. The van der Waals surface area contributed by atoms with Crippen molar-refractivity contribution in [3.63, 3.8) is 0 Å². The number of fused-ring (bicyclic) bond motifs is 1. The Morgan fingerprint density at radius 1 is 1.35 bits per heavy atom. The lowest BCUT2D eigenvalue weighted by molar-refractivity contribution is 0.513. The number of aryl methyl sites for hydroxylation is 2. The number of nitrogens with zero attached hydrogens (tertiary/aromatic N) is 1. The number of hydrogen-bond acceptors (Lipinski definition) is 3. The van der Waals surface area contributed by atoms with E-state index in [2.05, 4.69) is 36.3 Å². The molecule has 2 aromatic rings. The summed E-state index contributed by atoms with van der Waals surface area (Å²) in [6.45, 7) is 5.14. The van der Waals surface area contributed by atoms with Crippen LogP contribution < -0.4 is 5.32 Å². The average Bonchev–Trinajstić information content (AvgIpc) is 2.98. The Kier molecular flexibility index (Phi) is 2.63. The van der Waals surface area contributed by atoms with Gasteiger partial charge in [0.15, 0.2) is 11.5 Å². The molecule has 0 aliphatic heterocycles. The van der Waals surface area contributed by atoms with E-state index in [1.165, 1.54) is 24.0 Å². The first-order chi connectivity index (χ1) is 8.22. The number of benzene rings is 1. The van der Waals surface area contributed by atoms with Gasteiger partial charge in [-0.3, -0.25) is 0 Å². The molecule has 1 aliphatic rings. The minimum absolute atomic E-state index is 0.753. The molecule has 0 amide bonds. The van der Waals surface area contributed by atoms with E-state index in [9.17, 15) is 0 Å². The fourth-order valence-corrected chi connectivity index (χ4v) is 2.20. The zero-order chi connectivity index (χ0) is 11.8. The molecule has 3 nitrogen and oxygen atoms in total. The lowest BCUT2D eigenvalue weighted by atomic mass is 10.1. The smallest absolute Gasteiger partial charge is 0.196 e. The second-order valence-electron chi connectivity index (χ2n) is 5.02. The molecule has 1 heterocycles. The zero-order valence-electron chi connectivity index (χ0n) is 10.4. The van der Waals surface area contributed by atoms with Crippen molar-refractivity contribution in [1.29, 1.82) is 0 Å². The number of nitrogens with one attached hydrogen (secondary N) is 1. The molecular formula is C14H18N2O. The maximum Gasteiger partial charge on any atom is 0.196 e. The van der Waals surface area contributed by atoms with Gasteiger partial charge in [0.05, 0.1) is 0 Å². The number of hydrogen-bond donors (Lipinski definition) is 1. The Morgan fingerprint density at radius 3 is 2.94 bits per heavy atom. The molecular weight excluding hydrogens is 212 g/mol. The third kappa shape index (κ3) is 2.34. The summed E-state index contributed by atoms with van der Waals surface area (Å²) >= 11 is 0. The van der Waals surface area contributed by atoms with Crippen LogP contribution in [0.2, 0.25) is 0 Å². The molecule has 0 bridgehead atoms. The van der Waals surface area contributed by atoms with Crippen molar-refractivity contribution in [1.82, 2.24) is 10.3 Å². The highest BCUT2D eigenvalue weighted by molar-refractivity contribution is 5.77. The molecule has 0 radical (unpaired) electrons. The molecule has 0 atom stereocenters. The highest BCUT2D eigenvalue weighted by Gasteiger charge is 2.20. The maximum absolute atomic E-state index is 5.80. The van der Waals surface area contributed by atoms with Crippen molar-refractivity contribution in [3.8, 4) is 0 Å². The Bertz CT molecular complexity index is 540. The van der Waals surface area contributed by atoms with Gasteiger partial charge in [-0.2, -0.15) is 0 Å². The van der Waals surface area contributed by atoms with E-state index in [0.717, 1.165) is 36.0 Å². The second kappa shape index (κ2) is 4.15. The lowest BCUT2D eigenvalue weighted by Gasteiger charge is -1.98. The van der Waals surface area contributed by atoms with Crippen molar-refractivity contribution in [2.75, 3.05) is 6.54 Å². The number of rotatable bonds is 4. The van der Waals surface area contributed by atoms with Gasteiger partial charge in [-0.05, 0) is 43.9 Å². The van der Waals surface area contributed by atoms with Crippen LogP contribution in [0.25, 0.3) is 11.1 Å². The van der Waals surface area contributed by atoms with Crippen LogP contribution in [0.4, 0.5) is 0 Å². The van der Waals surface area contributed by atoms with Gasteiger partial charge < -0.3 is 9.73 Å². The van der Waals surface area contributed by atoms with Crippen LogP contribution in [-0.4, -0.2) is 17.6 Å². The Morgan fingerprint density at radius 2 is 2.18 bits per heavy atom. The summed E-state index contributed by atoms with van der Waals surface area (Å²) in [6.07, 6.45) is 3.53. The van der Waals surface area contributed by atoms with Crippen LogP contribution in [0.3, 0.4) is 0 Å². The van der Waals surface area contributed by atoms with Crippen molar-refractivity contribution < 1.29 is 4.42 Å². The third-order valence-corrected chi connectivity index (χ3v) is 3.21. The monoisotopic (exact) mass is 230 g/mol. The van der Waals surface area contributed by atoms with Crippen molar-refractivity contribution >= 4 is 11.1 Å². The third-order valence-electron chi connectivity index (χ3n) is 3.21. The molecule has 1 aromatic heterocycles. The van der Waals surface area contributed by atoms with Gasteiger partial charge in [0, 0.05) is 19.0 Å². The number of oxazole rings is 1. The normalized spacial score (nSPS) is 15.6. The van der Waals surface area contributed by atoms with E-state index in [1.807, 2.05) is 0 Å². The molecule has 0 unspecified atom stereocenters. The van der Waals surface area contributed by atoms with E-state index < -0.39 is 0 Å². The van der Waals surface area contributed by atoms with E-state index in [1.54, 1.807) is 0 Å². The summed E-state index contributed by atoms with van der Waals surface area (Å²) < 4.78 is 5.80. The summed E-state index contributed by atoms with van der Waals surface area (Å²) in [6, 6.07) is 4.98. The van der Waals surface area contributed by atoms with Crippen LogP contribution in [0, 0.1) is 13.8 Å². The fourth-order valence-electron chi connectivity index (χ4n) is 2.20. The highest BCUT2D eigenvalue weighted by atomic mass is 16.3. The first kappa shape index (κ1) is 10.8. The molecule has 3 heteroatoms. The molecule has 1 aliphatic carbocycles. The van der Waals surface area contributed by atoms with Gasteiger partial charge in [-0.25, -0.2) is 4.98 Å². The van der Waals surface area contributed by atoms with Gasteiger partial charge in [-0.15, -0.1) is 0 Å². The largest absolute Gasteiger partial charge is 0.440 e. The average molecular weight is 230 g/mol. The van der Waals surface area contributed by atoms with Crippen LogP contribution in [0.1, 0.15) is 29.9 Å². The quantitative estimate of drug-likeness (QED) is 0.877. The van der Waals surface area contributed by atoms with Gasteiger partial charge in [-0.1, -0.05) is 6.07 Å². The zero-order valence-corrected chi connectivity index (χ0v) is 10.4. The Labute approximate surface area is 101 Å². The predicted octanol–water partition coefficient (Wildman–Crippen LogP) is 2.74. The van der Waals surface area contributed by atoms with Gasteiger partial charge >= 0.3 is 0 Å². The summed E-state index contributed by atoms with van der Waals surface area (Å²) in [4.78, 5) is 4.54. The van der Waals surface area contributed by atoms with Crippen LogP contribution in [0.5, 0.6) is 0 Å². The maximum atomic E-state index is 5.80. The lowest BCUT2D eigenvalue weighted by Crippen LogP contribution is -2.19. The van der Waals surface area contributed by atoms with E-state index >= 15 is 0 Å². The van der Waals surface area contributed by atoms with Gasteiger partial charge in [0.1, 0.15) is 5.52 Å². The molecule has 17 heavy (non-hydrogen) atoms. The Balaban J connectivity index is 1.77. The molecule has 90 valence electrons. The van der Waals surface area contributed by atoms with Crippen molar-refractivity contribution in [2.45, 2.75) is 39.2 Å². The Hall–Kier alpha value is -1.35. The molecule has 1 fully saturated rings. The van der Waals surface area contributed by atoms with E-state index in [4.69, 9.17) is 4.42 Å². The SMILES string of the molecule is Cc1cc(C)c2oc(CCNC3CC3)nc2c1. The summed E-state index contributed by atoms with van der Waals surface area (Å²) in [5.41, 5.74) is 4.35. The topological polar surface area (TPSA) is 38.1 Å². The molecule has 3 rings (SSSR count). The minimum Gasteiger partial charge on any atom is -0.440 e.